The lowest BCUT2D eigenvalue weighted by Crippen LogP contribution is -2.59. The predicted molar refractivity (Wildman–Crippen MR) is 77.1 cm³/mol. The number of rotatable bonds is 4. The molecule has 98 valence electrons. The van der Waals surface area contributed by atoms with Crippen LogP contribution in [-0.4, -0.2) is 36.5 Å². The Hall–Kier alpha value is -0.580. The number of halogens is 2. The van der Waals surface area contributed by atoms with Gasteiger partial charge in [0.2, 0.25) is 0 Å². The number of carbonyl (C=O) groups is 1. The highest BCUT2D eigenvalue weighted by Gasteiger charge is 2.28. The number of hydrogen-bond acceptors (Lipinski definition) is 2. The molecular formula is C13H16BrClN2O. The van der Waals surface area contributed by atoms with Crippen LogP contribution in [0.25, 0.3) is 0 Å². The van der Waals surface area contributed by atoms with Crippen LogP contribution < -0.4 is 5.32 Å². The van der Waals surface area contributed by atoms with E-state index in [0.717, 1.165) is 30.5 Å². The van der Waals surface area contributed by atoms with E-state index >= 15 is 0 Å². The Morgan fingerprint density at radius 1 is 1.56 bits per heavy atom. The molecule has 1 aromatic carbocycles. The van der Waals surface area contributed by atoms with Crippen molar-refractivity contribution in [2.24, 2.45) is 0 Å². The van der Waals surface area contributed by atoms with Gasteiger partial charge in [0.05, 0.1) is 11.1 Å². The molecule has 1 N–H and O–H groups in total. The van der Waals surface area contributed by atoms with E-state index in [1.165, 1.54) is 0 Å². The normalized spacial score (nSPS) is 15.3. The maximum absolute atomic E-state index is 12.5. The van der Waals surface area contributed by atoms with Crippen LogP contribution in [0.1, 0.15) is 23.7 Å². The van der Waals surface area contributed by atoms with Crippen LogP contribution in [0.5, 0.6) is 0 Å². The maximum atomic E-state index is 12.5. The lowest BCUT2D eigenvalue weighted by molar-refractivity contribution is 0.0615. The van der Waals surface area contributed by atoms with Crippen molar-refractivity contribution in [3.8, 4) is 0 Å². The Morgan fingerprint density at radius 3 is 2.78 bits per heavy atom. The van der Waals surface area contributed by atoms with Gasteiger partial charge in [-0.05, 0) is 40.5 Å². The SMILES string of the molecule is CCCN(C(=O)c1ccc(Cl)c(Br)c1)C1CNC1. The monoisotopic (exact) mass is 330 g/mol. The topological polar surface area (TPSA) is 32.3 Å². The average molecular weight is 332 g/mol. The van der Waals surface area contributed by atoms with Gasteiger partial charge in [0.1, 0.15) is 0 Å². The molecular weight excluding hydrogens is 316 g/mol. The molecule has 0 saturated carbocycles. The van der Waals surface area contributed by atoms with E-state index in [9.17, 15) is 4.79 Å². The molecule has 5 heteroatoms. The molecule has 0 atom stereocenters. The third-order valence-corrected chi connectivity index (χ3v) is 4.31. The standard InChI is InChI=1S/C13H16BrClN2O/c1-2-5-17(10-7-16-8-10)13(18)9-3-4-12(15)11(14)6-9/h3-4,6,10,16H,2,5,7-8H2,1H3. The summed E-state index contributed by atoms with van der Waals surface area (Å²) < 4.78 is 0.762. The summed E-state index contributed by atoms with van der Waals surface area (Å²) >= 11 is 9.30. The van der Waals surface area contributed by atoms with Gasteiger partial charge in [0, 0.05) is 29.7 Å². The highest BCUT2D eigenvalue weighted by molar-refractivity contribution is 9.10. The minimum absolute atomic E-state index is 0.0840. The molecule has 1 heterocycles. The average Bonchev–Trinajstić information content (AvgIpc) is 2.29. The molecule has 1 aromatic rings. The molecule has 1 amide bonds. The fourth-order valence-corrected chi connectivity index (χ4v) is 2.48. The van der Waals surface area contributed by atoms with E-state index in [0.29, 0.717) is 16.6 Å². The van der Waals surface area contributed by atoms with E-state index in [2.05, 4.69) is 28.2 Å². The maximum Gasteiger partial charge on any atom is 0.254 e. The van der Waals surface area contributed by atoms with Crippen LogP contribution in [0, 0.1) is 0 Å². The largest absolute Gasteiger partial charge is 0.333 e. The summed E-state index contributed by atoms with van der Waals surface area (Å²) in [6.45, 7) is 4.66. The summed E-state index contributed by atoms with van der Waals surface area (Å²) in [6.07, 6.45) is 0.969. The Bertz CT molecular complexity index is 449. The Balaban J connectivity index is 2.18. The molecule has 0 aliphatic carbocycles. The van der Waals surface area contributed by atoms with Crippen LogP contribution >= 0.6 is 27.5 Å². The van der Waals surface area contributed by atoms with Crippen LogP contribution in [-0.2, 0) is 0 Å². The highest BCUT2D eigenvalue weighted by atomic mass is 79.9. The quantitative estimate of drug-likeness (QED) is 0.920. The zero-order valence-electron chi connectivity index (χ0n) is 10.2. The summed E-state index contributed by atoms with van der Waals surface area (Å²) in [7, 11) is 0. The first kappa shape index (κ1) is 13.8. The number of benzene rings is 1. The third-order valence-electron chi connectivity index (χ3n) is 3.09. The number of nitrogens with one attached hydrogen (secondary N) is 1. The smallest absolute Gasteiger partial charge is 0.254 e. The van der Waals surface area contributed by atoms with Crippen molar-refractivity contribution in [3.05, 3.63) is 33.3 Å². The minimum Gasteiger partial charge on any atom is -0.333 e. The minimum atomic E-state index is 0.0840. The van der Waals surface area contributed by atoms with Gasteiger partial charge >= 0.3 is 0 Å². The van der Waals surface area contributed by atoms with Gasteiger partial charge in [-0.25, -0.2) is 0 Å². The van der Waals surface area contributed by atoms with Gasteiger partial charge in [0.15, 0.2) is 0 Å². The van der Waals surface area contributed by atoms with Crippen LogP contribution in [0.4, 0.5) is 0 Å². The predicted octanol–water partition coefficient (Wildman–Crippen LogP) is 2.93. The van der Waals surface area contributed by atoms with Crippen molar-refractivity contribution in [2.75, 3.05) is 19.6 Å². The second-order valence-electron chi connectivity index (χ2n) is 4.44. The molecule has 1 aliphatic heterocycles. The van der Waals surface area contributed by atoms with E-state index in [4.69, 9.17) is 11.6 Å². The van der Waals surface area contributed by atoms with Crippen molar-refractivity contribution in [1.82, 2.24) is 10.2 Å². The van der Waals surface area contributed by atoms with Crippen LogP contribution in [0.15, 0.2) is 22.7 Å². The molecule has 1 aliphatic rings. The fourth-order valence-electron chi connectivity index (χ4n) is 1.98. The molecule has 0 radical (unpaired) electrons. The molecule has 1 fully saturated rings. The Labute approximate surface area is 121 Å². The molecule has 3 nitrogen and oxygen atoms in total. The first-order chi connectivity index (χ1) is 8.63. The van der Waals surface area contributed by atoms with Gasteiger partial charge < -0.3 is 10.2 Å². The highest BCUT2D eigenvalue weighted by Crippen LogP contribution is 2.24. The van der Waals surface area contributed by atoms with Gasteiger partial charge in [-0.2, -0.15) is 0 Å². The van der Waals surface area contributed by atoms with E-state index in [-0.39, 0.29) is 5.91 Å². The van der Waals surface area contributed by atoms with Gasteiger partial charge in [-0.1, -0.05) is 18.5 Å². The van der Waals surface area contributed by atoms with Crippen molar-refractivity contribution in [2.45, 2.75) is 19.4 Å². The summed E-state index contributed by atoms with van der Waals surface area (Å²) in [5.74, 6) is 0.0840. The van der Waals surface area contributed by atoms with E-state index in [1.54, 1.807) is 18.2 Å². The van der Waals surface area contributed by atoms with Crippen LogP contribution in [0.2, 0.25) is 5.02 Å². The first-order valence-corrected chi connectivity index (χ1v) is 7.27. The van der Waals surface area contributed by atoms with Crippen molar-refractivity contribution in [1.29, 1.82) is 0 Å². The number of carbonyl (C=O) groups excluding carboxylic acids is 1. The Kier molecular flexibility index (Phi) is 4.65. The molecule has 0 aromatic heterocycles. The summed E-state index contributed by atoms with van der Waals surface area (Å²) in [5, 5.41) is 3.83. The molecule has 0 unspecified atom stereocenters. The first-order valence-electron chi connectivity index (χ1n) is 6.10. The Morgan fingerprint density at radius 2 is 2.28 bits per heavy atom. The number of nitrogens with zero attached hydrogens (tertiary/aromatic N) is 1. The van der Waals surface area contributed by atoms with Crippen molar-refractivity contribution < 1.29 is 4.79 Å². The zero-order chi connectivity index (χ0) is 13.1. The third kappa shape index (κ3) is 2.87. The molecule has 1 saturated heterocycles. The lowest BCUT2D eigenvalue weighted by atomic mass is 10.1. The van der Waals surface area contributed by atoms with Crippen molar-refractivity contribution in [3.63, 3.8) is 0 Å². The molecule has 0 spiro atoms. The number of amides is 1. The zero-order valence-corrected chi connectivity index (χ0v) is 12.6. The van der Waals surface area contributed by atoms with Gasteiger partial charge in [-0.3, -0.25) is 4.79 Å². The molecule has 2 rings (SSSR count). The fraction of sp³-hybridized carbons (Fsp3) is 0.462. The van der Waals surface area contributed by atoms with Crippen molar-refractivity contribution >= 4 is 33.4 Å². The summed E-state index contributed by atoms with van der Waals surface area (Å²) in [6, 6.07) is 5.65. The van der Waals surface area contributed by atoms with Gasteiger partial charge in [0.25, 0.3) is 5.91 Å². The van der Waals surface area contributed by atoms with Crippen LogP contribution in [0.3, 0.4) is 0 Å². The summed E-state index contributed by atoms with van der Waals surface area (Å²) in [4.78, 5) is 14.4. The molecule has 0 bridgehead atoms. The second-order valence-corrected chi connectivity index (χ2v) is 5.70. The van der Waals surface area contributed by atoms with E-state index < -0.39 is 0 Å². The second kappa shape index (κ2) is 6.04. The number of hydrogen-bond donors (Lipinski definition) is 1. The van der Waals surface area contributed by atoms with E-state index in [1.807, 2.05) is 4.90 Å². The lowest BCUT2D eigenvalue weighted by Gasteiger charge is -2.38. The van der Waals surface area contributed by atoms with Gasteiger partial charge in [-0.15, -0.1) is 0 Å². The summed E-state index contributed by atoms with van der Waals surface area (Å²) in [5.41, 5.74) is 0.687. The molecule has 18 heavy (non-hydrogen) atoms.